The van der Waals surface area contributed by atoms with Crippen LogP contribution in [0.15, 0.2) is 11.4 Å². The SMILES string of the molecule is [N-]=[N+]=Nc1nc2c(N)ncnc2n1[C@@H]1O[C@H](COP(=O)([O-])OP(=O)([O-])[O-])[C@@H](O)[C@H]1O.[Na+].[Na+].[Na+]. The first-order chi connectivity index (χ1) is 13.9. The summed E-state index contributed by atoms with van der Waals surface area (Å²) in [5.41, 5.74) is 14.4. The number of ether oxygens (including phenoxy) is 1. The van der Waals surface area contributed by atoms with Gasteiger partial charge in [-0.2, -0.15) is 0 Å². The molecule has 3 heterocycles. The van der Waals surface area contributed by atoms with E-state index in [4.69, 9.17) is 16.0 Å². The van der Waals surface area contributed by atoms with Crippen LogP contribution < -0.4 is 109 Å². The number of hydrogen-bond donors (Lipinski definition) is 3. The zero-order valence-electron chi connectivity index (χ0n) is 17.4. The standard InChI is InChI=1S/C10H14N8O10P2.3Na/c11-7-4-8(14-2-13-7)18(10(15-4)16-17-12)9-6(20)5(19)3(27-9)1-26-30(24,25)28-29(21,22)23;;;/h2-3,5-6,9,19-20H,1H2,(H,24,25)(H2,11,13,14)(H2,21,22,23);;;/q;3*+1/p-3/t3-,5-,6-,9-;;;/m1.../s1. The Morgan fingerprint density at radius 3 is 2.45 bits per heavy atom. The molecule has 1 aliphatic rings. The van der Waals surface area contributed by atoms with Gasteiger partial charge in [0, 0.05) is 4.91 Å². The number of rotatable bonds is 7. The molecule has 0 amide bonds. The molecule has 5 atom stereocenters. The second kappa shape index (κ2) is 13.4. The molecule has 4 N–H and O–H groups in total. The number of nitrogen functional groups attached to an aromatic ring is 1. The zero-order valence-corrected chi connectivity index (χ0v) is 25.1. The third-order valence-corrected chi connectivity index (χ3v) is 5.87. The normalized spacial score (nSPS) is 24.0. The van der Waals surface area contributed by atoms with Crippen molar-refractivity contribution >= 4 is 38.6 Å². The zero-order chi connectivity index (χ0) is 22.3. The van der Waals surface area contributed by atoms with E-state index in [9.17, 15) is 34.0 Å². The maximum absolute atomic E-state index is 11.4. The summed E-state index contributed by atoms with van der Waals surface area (Å²) < 4.78 is 35.6. The maximum Gasteiger partial charge on any atom is 1.00 e. The Morgan fingerprint density at radius 2 is 1.88 bits per heavy atom. The van der Waals surface area contributed by atoms with E-state index in [1.165, 1.54) is 0 Å². The number of aromatic nitrogens is 4. The van der Waals surface area contributed by atoms with Gasteiger partial charge in [0.2, 0.25) is 5.95 Å². The van der Waals surface area contributed by atoms with Gasteiger partial charge in [-0.25, -0.2) is 15.0 Å². The number of aliphatic hydroxyl groups is 2. The van der Waals surface area contributed by atoms with Crippen LogP contribution in [0.3, 0.4) is 0 Å². The molecule has 0 aliphatic carbocycles. The minimum atomic E-state index is -5.91. The quantitative estimate of drug-likeness (QED) is 0.0977. The number of phosphoric ester groups is 1. The van der Waals surface area contributed by atoms with Crippen LogP contribution in [0.25, 0.3) is 21.6 Å². The largest absolute Gasteiger partial charge is 1.00 e. The first-order valence-corrected chi connectivity index (χ1v) is 10.6. The summed E-state index contributed by atoms with van der Waals surface area (Å²) in [6.45, 7) is -1.03. The average Bonchev–Trinajstić information content (AvgIpc) is 3.11. The van der Waals surface area contributed by atoms with Gasteiger partial charge in [0.1, 0.15) is 24.6 Å². The van der Waals surface area contributed by atoms with Crippen LogP contribution in [-0.4, -0.2) is 54.7 Å². The molecule has 0 spiro atoms. The number of anilines is 1. The number of nitrogens with two attached hydrogens (primary N) is 1. The minimum absolute atomic E-state index is 0. The summed E-state index contributed by atoms with van der Waals surface area (Å²) in [7, 11) is -11.5. The van der Waals surface area contributed by atoms with E-state index in [1.54, 1.807) is 0 Å². The Balaban J connectivity index is 0.00000341. The summed E-state index contributed by atoms with van der Waals surface area (Å²) in [5, 5.41) is 23.8. The van der Waals surface area contributed by atoms with Gasteiger partial charge in [-0.15, -0.1) is 0 Å². The van der Waals surface area contributed by atoms with Crippen LogP contribution in [0.5, 0.6) is 0 Å². The number of fused-ring (bicyclic) bond motifs is 1. The third-order valence-electron chi connectivity index (χ3n) is 3.81. The van der Waals surface area contributed by atoms with Gasteiger partial charge < -0.3 is 44.5 Å². The van der Waals surface area contributed by atoms with Crippen LogP contribution in [0, 0.1) is 0 Å². The number of imidazole rings is 1. The van der Waals surface area contributed by atoms with Crippen LogP contribution in [0.2, 0.25) is 0 Å². The van der Waals surface area contributed by atoms with Crippen LogP contribution in [0.4, 0.5) is 11.8 Å². The molecule has 33 heavy (non-hydrogen) atoms. The van der Waals surface area contributed by atoms with E-state index < -0.39 is 46.8 Å². The molecule has 0 bridgehead atoms. The fourth-order valence-electron chi connectivity index (χ4n) is 2.65. The summed E-state index contributed by atoms with van der Waals surface area (Å²) in [5.74, 6) is -0.459. The predicted octanol–water partition coefficient (Wildman–Crippen LogP) is -11.7. The molecule has 23 heteroatoms. The maximum atomic E-state index is 11.4. The van der Waals surface area contributed by atoms with Crippen molar-refractivity contribution in [1.82, 2.24) is 19.5 Å². The first-order valence-electron chi connectivity index (χ1n) is 7.67. The molecule has 2 aromatic heterocycles. The molecule has 164 valence electrons. The number of nitrogens with zero attached hydrogens (tertiary/aromatic N) is 7. The van der Waals surface area contributed by atoms with Gasteiger partial charge in [-0.3, -0.25) is 13.4 Å². The van der Waals surface area contributed by atoms with E-state index in [1.807, 2.05) is 0 Å². The van der Waals surface area contributed by atoms with Gasteiger partial charge in [0.05, 0.1) is 14.4 Å². The van der Waals surface area contributed by atoms with Gasteiger partial charge >= 0.3 is 88.7 Å². The Morgan fingerprint density at radius 1 is 1.24 bits per heavy atom. The van der Waals surface area contributed by atoms with Crippen molar-refractivity contribution in [1.29, 1.82) is 0 Å². The van der Waals surface area contributed by atoms with Crippen LogP contribution in [0.1, 0.15) is 6.23 Å². The molecule has 0 aromatic carbocycles. The van der Waals surface area contributed by atoms with Crippen LogP contribution in [-0.2, 0) is 22.7 Å². The summed E-state index contributed by atoms with van der Waals surface area (Å²) >= 11 is 0. The Bertz CT molecular complexity index is 1110. The molecule has 0 saturated carbocycles. The van der Waals surface area contributed by atoms with E-state index in [0.29, 0.717) is 0 Å². The minimum Gasteiger partial charge on any atom is -0.790 e. The molecule has 2 aromatic rings. The van der Waals surface area contributed by atoms with E-state index in [-0.39, 0.29) is 112 Å². The van der Waals surface area contributed by atoms with Gasteiger partial charge in [-0.1, -0.05) is 0 Å². The molecule has 3 rings (SSSR count). The Labute approximate surface area is 250 Å². The van der Waals surface area contributed by atoms with Gasteiger partial charge in [0.15, 0.2) is 23.2 Å². The number of phosphoric acid groups is 2. The van der Waals surface area contributed by atoms with Crippen molar-refractivity contribution < 1.29 is 136 Å². The van der Waals surface area contributed by atoms with Crippen molar-refractivity contribution in [2.45, 2.75) is 24.5 Å². The van der Waals surface area contributed by atoms with Crippen molar-refractivity contribution in [2.75, 3.05) is 12.3 Å². The summed E-state index contributed by atoms with van der Waals surface area (Å²) in [6, 6.07) is 0. The van der Waals surface area contributed by atoms with Gasteiger partial charge in [-0.05, 0) is 10.6 Å². The monoisotopic (exact) mass is 534 g/mol. The van der Waals surface area contributed by atoms with E-state index in [2.05, 4.69) is 33.8 Å². The van der Waals surface area contributed by atoms with Crippen molar-refractivity contribution in [3.63, 3.8) is 0 Å². The molecule has 1 unspecified atom stereocenters. The van der Waals surface area contributed by atoms with Crippen molar-refractivity contribution in [2.24, 2.45) is 5.11 Å². The smallest absolute Gasteiger partial charge is 0.790 e. The molecule has 0 radical (unpaired) electrons. The second-order valence-electron chi connectivity index (χ2n) is 5.72. The van der Waals surface area contributed by atoms with E-state index in [0.717, 1.165) is 10.9 Å². The molecule has 18 nitrogen and oxygen atoms in total. The van der Waals surface area contributed by atoms with Gasteiger partial charge in [0.25, 0.3) is 7.82 Å². The summed E-state index contributed by atoms with van der Waals surface area (Å²) in [6.07, 6.45) is -5.52. The van der Waals surface area contributed by atoms with Crippen molar-refractivity contribution in [3.05, 3.63) is 16.8 Å². The molecule has 1 aliphatic heterocycles. The third kappa shape index (κ3) is 8.15. The Kier molecular flexibility index (Phi) is 13.7. The first kappa shape index (κ1) is 33.8. The van der Waals surface area contributed by atoms with Crippen LogP contribution >= 0.6 is 15.6 Å². The number of azide groups is 1. The van der Waals surface area contributed by atoms with E-state index >= 15 is 0 Å². The Hall–Kier alpha value is 0.800. The number of hydrogen-bond acceptors (Lipinski definition) is 15. The average molecular weight is 534 g/mol. The second-order valence-corrected chi connectivity index (χ2v) is 8.42. The molecular weight excluding hydrogens is 523 g/mol. The molecule has 1 saturated heterocycles. The topological polar surface area (TPSA) is 290 Å². The predicted molar refractivity (Wildman–Crippen MR) is 86.7 cm³/mol. The number of aliphatic hydroxyl groups excluding tert-OH is 2. The molecular formula is C10H11N8Na3O10P2. The fourth-order valence-corrected chi connectivity index (χ4v) is 4.15. The van der Waals surface area contributed by atoms with Crippen molar-refractivity contribution in [3.8, 4) is 0 Å². The fraction of sp³-hybridized carbons (Fsp3) is 0.500. The summed E-state index contributed by atoms with van der Waals surface area (Å²) in [4.78, 5) is 46.3. The molecule has 1 fully saturated rings.